The van der Waals surface area contributed by atoms with Crippen molar-refractivity contribution in [3.63, 3.8) is 0 Å². The fourth-order valence-electron chi connectivity index (χ4n) is 4.82. The summed E-state index contributed by atoms with van der Waals surface area (Å²) in [5, 5.41) is 2.01. The van der Waals surface area contributed by atoms with Crippen molar-refractivity contribution in [2.24, 2.45) is 11.1 Å². The minimum atomic E-state index is -1.29. The molecule has 2 N–H and O–H groups in total. The van der Waals surface area contributed by atoms with Crippen molar-refractivity contribution in [2.75, 3.05) is 32.0 Å². The van der Waals surface area contributed by atoms with Crippen molar-refractivity contribution in [2.45, 2.75) is 65.7 Å². The van der Waals surface area contributed by atoms with Gasteiger partial charge < -0.3 is 19.9 Å². The van der Waals surface area contributed by atoms with Crippen molar-refractivity contribution in [3.8, 4) is 16.9 Å². The van der Waals surface area contributed by atoms with Crippen LogP contribution in [0.25, 0.3) is 11.1 Å². The van der Waals surface area contributed by atoms with Crippen molar-refractivity contribution >= 4 is 53.0 Å². The molecule has 0 bridgehead atoms. The Morgan fingerprint density at radius 1 is 1.09 bits per heavy atom. The lowest BCUT2D eigenvalue weighted by molar-refractivity contribution is 0.0903. The number of primary amides is 1. The van der Waals surface area contributed by atoms with Crippen LogP contribution in [0.3, 0.4) is 0 Å². The lowest BCUT2D eigenvalue weighted by Crippen LogP contribution is -2.34. The Morgan fingerprint density at radius 2 is 1.81 bits per heavy atom. The molecule has 1 unspecified atom stereocenters. The summed E-state index contributed by atoms with van der Waals surface area (Å²) >= 11 is 5.08. The smallest absolute Gasteiger partial charge is 0.404 e. The predicted octanol–water partition coefficient (Wildman–Crippen LogP) is 9.07. The first-order valence-electron chi connectivity index (χ1n) is 14.4. The van der Waals surface area contributed by atoms with Crippen molar-refractivity contribution in [1.29, 1.82) is 0 Å². The third kappa shape index (κ3) is 10.5. The summed E-state index contributed by atoms with van der Waals surface area (Å²) in [6.45, 7) is 16.3. The number of nitrogens with zero attached hydrogens (tertiary/aromatic N) is 1. The molecule has 1 aromatic heterocycles. The second kappa shape index (κ2) is 14.9. The molecule has 0 fully saturated rings. The van der Waals surface area contributed by atoms with Gasteiger partial charge in [0.05, 0.1) is 17.7 Å². The first kappa shape index (κ1) is 34.8. The van der Waals surface area contributed by atoms with Gasteiger partial charge in [-0.05, 0) is 86.6 Å². The number of amides is 2. The average molecular weight is 690 g/mol. The molecule has 0 saturated heterocycles. The molecular weight excluding hydrogens is 644 g/mol. The van der Waals surface area contributed by atoms with Crippen molar-refractivity contribution in [3.05, 3.63) is 68.3 Å². The molecule has 43 heavy (non-hydrogen) atoms. The van der Waals surface area contributed by atoms with Crippen LogP contribution in [-0.4, -0.2) is 47.1 Å². The molecule has 0 aliphatic heterocycles. The fourth-order valence-corrected chi connectivity index (χ4v) is 7.20. The lowest BCUT2D eigenvalue weighted by atomic mass is 9.81. The molecule has 2 amide bonds. The first-order valence-corrected chi connectivity index (χ1v) is 19.8. The van der Waals surface area contributed by atoms with Gasteiger partial charge in [-0.1, -0.05) is 64.7 Å². The molecular formula is C33H45BrN2O5SSi. The average Bonchev–Trinajstić information content (AvgIpc) is 3.41. The molecule has 0 spiro atoms. The number of carbonyl (C=O) groups excluding carboxylic acids is 2. The Morgan fingerprint density at radius 3 is 2.42 bits per heavy atom. The van der Waals surface area contributed by atoms with E-state index >= 15 is 0 Å². The van der Waals surface area contributed by atoms with Crippen LogP contribution < -0.4 is 15.4 Å². The number of aryl methyl sites for hydroxylation is 1. The van der Waals surface area contributed by atoms with E-state index in [1.165, 1.54) is 11.3 Å². The van der Waals surface area contributed by atoms with Crippen LogP contribution in [0.4, 0.5) is 10.5 Å². The zero-order chi connectivity index (χ0) is 31.9. The number of thiophene rings is 1. The highest BCUT2D eigenvalue weighted by Crippen LogP contribution is 2.37. The Bertz CT molecular complexity index is 1390. The Balaban J connectivity index is 1.92. The fraction of sp³-hybridized carbons (Fsp3) is 0.455. The minimum absolute atomic E-state index is 0.00798. The van der Waals surface area contributed by atoms with E-state index in [0.29, 0.717) is 17.2 Å². The standard InChI is InChI=1S/C33H45BrN2O5SSi/c1-22-14-27(39-5)17-28(34)30(22)36(21-40-12-13-43(6,7)8)31(37)29-16-25(20-42-29)23-10-9-11-24(15-23)26(18-33(2,3)4)19-41-32(35)38/h9-11,14-17,20,26H,12-13,18-19,21H2,1-8H3,(H2,35,38). The molecule has 7 nitrogen and oxygen atoms in total. The summed E-state index contributed by atoms with van der Waals surface area (Å²) in [7, 11) is 0.338. The van der Waals surface area contributed by atoms with Crippen LogP contribution >= 0.6 is 27.3 Å². The number of halogens is 1. The van der Waals surface area contributed by atoms with Gasteiger partial charge in [0.1, 0.15) is 19.1 Å². The number of rotatable bonds is 13. The van der Waals surface area contributed by atoms with Crippen LogP contribution in [0.5, 0.6) is 5.75 Å². The van der Waals surface area contributed by atoms with Crippen LogP contribution in [0.2, 0.25) is 25.7 Å². The number of ether oxygens (including phenoxy) is 3. The maximum Gasteiger partial charge on any atom is 0.404 e. The Hall–Kier alpha value is -2.66. The largest absolute Gasteiger partial charge is 0.497 e. The van der Waals surface area contributed by atoms with E-state index in [-0.39, 0.29) is 30.6 Å². The van der Waals surface area contributed by atoms with Crippen LogP contribution in [0, 0.1) is 12.3 Å². The molecule has 234 valence electrons. The maximum atomic E-state index is 14.1. The Labute approximate surface area is 269 Å². The van der Waals surface area contributed by atoms with Crippen LogP contribution in [0.15, 0.2) is 52.3 Å². The monoisotopic (exact) mass is 688 g/mol. The van der Waals surface area contributed by atoms with Gasteiger partial charge in [-0.2, -0.15) is 0 Å². The van der Waals surface area contributed by atoms with Gasteiger partial charge in [0, 0.05) is 25.1 Å². The molecule has 3 aromatic rings. The third-order valence-corrected chi connectivity index (χ3v) is 10.2. The third-order valence-electron chi connectivity index (χ3n) is 6.98. The molecule has 0 radical (unpaired) electrons. The number of benzene rings is 2. The van der Waals surface area contributed by atoms with Gasteiger partial charge in [-0.25, -0.2) is 4.79 Å². The normalized spacial score (nSPS) is 12.6. The van der Waals surface area contributed by atoms with Gasteiger partial charge in [-0.15, -0.1) is 11.3 Å². The molecule has 1 atom stereocenters. The van der Waals surface area contributed by atoms with Gasteiger partial charge in [0.25, 0.3) is 5.91 Å². The molecule has 2 aromatic carbocycles. The molecule has 1 heterocycles. The topological polar surface area (TPSA) is 91.1 Å². The zero-order valence-electron chi connectivity index (χ0n) is 26.6. The van der Waals surface area contributed by atoms with E-state index in [1.807, 2.05) is 48.7 Å². The van der Waals surface area contributed by atoms with E-state index in [2.05, 4.69) is 62.4 Å². The van der Waals surface area contributed by atoms with E-state index in [9.17, 15) is 9.59 Å². The quantitative estimate of drug-likeness (QED) is 0.110. The summed E-state index contributed by atoms with van der Waals surface area (Å²) in [4.78, 5) is 27.8. The highest BCUT2D eigenvalue weighted by Gasteiger charge is 2.26. The highest BCUT2D eigenvalue weighted by atomic mass is 79.9. The molecule has 10 heteroatoms. The van der Waals surface area contributed by atoms with Crippen molar-refractivity contribution < 1.29 is 23.8 Å². The summed E-state index contributed by atoms with van der Waals surface area (Å²) < 4.78 is 17.5. The lowest BCUT2D eigenvalue weighted by Gasteiger charge is -2.26. The second-order valence-electron chi connectivity index (χ2n) is 13.3. The highest BCUT2D eigenvalue weighted by molar-refractivity contribution is 9.10. The van der Waals surface area contributed by atoms with E-state index in [0.717, 1.165) is 44.9 Å². The summed E-state index contributed by atoms with van der Waals surface area (Å²) in [6.07, 6.45) is 0.0450. The predicted molar refractivity (Wildman–Crippen MR) is 183 cm³/mol. The molecule has 0 saturated carbocycles. The van der Waals surface area contributed by atoms with Crippen molar-refractivity contribution in [1.82, 2.24) is 0 Å². The van der Waals surface area contributed by atoms with Gasteiger partial charge in [0.2, 0.25) is 0 Å². The number of nitrogens with two attached hydrogens (primary N) is 1. The summed E-state index contributed by atoms with van der Waals surface area (Å²) in [6, 6.07) is 14.9. The van der Waals surface area contributed by atoms with E-state index in [4.69, 9.17) is 19.9 Å². The Kier molecular flexibility index (Phi) is 12.0. The zero-order valence-corrected chi connectivity index (χ0v) is 30.0. The second-order valence-corrected chi connectivity index (χ2v) is 20.7. The SMILES string of the molecule is COc1cc(C)c(N(COCC[Si](C)(C)C)C(=O)c2cc(-c3cccc(C(COC(N)=O)CC(C)(C)C)c3)cs2)c(Br)c1. The first-order chi connectivity index (χ1) is 20.1. The summed E-state index contributed by atoms with van der Waals surface area (Å²) in [5.74, 6) is 0.575. The number of methoxy groups -OCH3 is 1. The molecule has 0 aliphatic carbocycles. The summed E-state index contributed by atoms with van der Waals surface area (Å²) in [5.41, 5.74) is 9.97. The van der Waals surface area contributed by atoms with E-state index in [1.54, 1.807) is 12.0 Å². The van der Waals surface area contributed by atoms with Gasteiger partial charge in [0.15, 0.2) is 0 Å². The maximum absolute atomic E-state index is 14.1. The number of carbonyl (C=O) groups is 2. The van der Waals surface area contributed by atoms with Gasteiger partial charge in [-0.3, -0.25) is 9.69 Å². The number of hydrogen-bond donors (Lipinski definition) is 1. The molecule has 0 aliphatic rings. The van der Waals surface area contributed by atoms with Gasteiger partial charge >= 0.3 is 6.09 Å². The van der Waals surface area contributed by atoms with E-state index < -0.39 is 14.2 Å². The number of hydrogen-bond acceptors (Lipinski definition) is 6. The van der Waals surface area contributed by atoms with Crippen LogP contribution in [0.1, 0.15) is 53.9 Å². The number of anilines is 1. The minimum Gasteiger partial charge on any atom is -0.497 e. The molecule has 3 rings (SSSR count). The van der Waals surface area contributed by atoms with Crippen LogP contribution in [-0.2, 0) is 9.47 Å².